The molecule has 0 aliphatic heterocycles. The molecule has 0 aromatic carbocycles. The third-order valence-corrected chi connectivity index (χ3v) is 3.20. The smallest absolute Gasteiger partial charge is 0.0931 e. The Labute approximate surface area is 87.0 Å². The number of halogens is 1. The molecule has 1 rings (SSSR count). The highest BCUT2D eigenvalue weighted by molar-refractivity contribution is 7.16. The van der Waals surface area contributed by atoms with Crippen LogP contribution in [0.25, 0.3) is 0 Å². The van der Waals surface area contributed by atoms with E-state index in [1.54, 1.807) is 12.2 Å². The molecule has 1 aromatic rings. The lowest BCUT2D eigenvalue weighted by Gasteiger charge is -2.23. The summed E-state index contributed by atoms with van der Waals surface area (Å²) in [7, 11) is 3.48. The first-order chi connectivity index (χ1) is 6.19. The maximum atomic E-state index is 5.83. The Kier molecular flexibility index (Phi) is 4.15. The second-order valence-electron chi connectivity index (χ2n) is 2.62. The highest BCUT2D eigenvalue weighted by atomic mass is 35.5. The van der Waals surface area contributed by atoms with E-state index in [2.05, 4.69) is 0 Å². The predicted octanol–water partition coefficient (Wildman–Crippen LogP) is 1.89. The van der Waals surface area contributed by atoms with Crippen LogP contribution in [0, 0.1) is 0 Å². The summed E-state index contributed by atoms with van der Waals surface area (Å²) >= 11 is 7.36. The third kappa shape index (κ3) is 2.65. The van der Waals surface area contributed by atoms with Crippen LogP contribution in [0.2, 0.25) is 4.34 Å². The Bertz CT molecular complexity index is 266. The topological polar surface area (TPSA) is 38.5 Å². The molecule has 0 aliphatic carbocycles. The minimum atomic E-state index is 0.0856. The summed E-state index contributed by atoms with van der Waals surface area (Å²) in [5.74, 6) is 0. The van der Waals surface area contributed by atoms with Gasteiger partial charge in [-0.05, 0) is 12.1 Å². The van der Waals surface area contributed by atoms with Crippen molar-refractivity contribution in [2.45, 2.75) is 6.04 Å². The van der Waals surface area contributed by atoms with Crippen molar-refractivity contribution >= 4 is 22.9 Å². The lowest BCUT2D eigenvalue weighted by atomic mass is 10.2. The van der Waals surface area contributed by atoms with E-state index < -0.39 is 0 Å². The van der Waals surface area contributed by atoms with E-state index in [1.807, 2.05) is 19.2 Å². The highest BCUT2D eigenvalue weighted by Gasteiger charge is 2.16. The summed E-state index contributed by atoms with van der Waals surface area (Å²) < 4.78 is 0.776. The van der Waals surface area contributed by atoms with Gasteiger partial charge in [-0.3, -0.25) is 0 Å². The fourth-order valence-corrected chi connectivity index (χ4v) is 2.29. The quantitative estimate of drug-likeness (QED) is 0.788. The normalized spacial score (nSPS) is 13.6. The van der Waals surface area contributed by atoms with Gasteiger partial charge in [0.25, 0.3) is 0 Å². The zero-order valence-corrected chi connectivity index (χ0v) is 9.23. The van der Waals surface area contributed by atoms with Crippen molar-refractivity contribution in [3.05, 3.63) is 21.3 Å². The number of hydroxylamine groups is 2. The molecule has 0 amide bonds. The number of nitrogens with two attached hydrogens (primary N) is 1. The standard InChI is InChI=1S/C8H13ClN2OS/c1-11(12-2)6(5-10)7-3-4-8(9)13-7/h3-4,6H,5,10H2,1-2H3. The Morgan fingerprint density at radius 3 is 2.77 bits per heavy atom. The summed E-state index contributed by atoms with van der Waals surface area (Å²) in [4.78, 5) is 6.21. The first kappa shape index (κ1) is 10.9. The van der Waals surface area contributed by atoms with Crippen LogP contribution in [-0.2, 0) is 4.84 Å². The van der Waals surface area contributed by atoms with Gasteiger partial charge in [-0.2, -0.15) is 5.06 Å². The van der Waals surface area contributed by atoms with E-state index >= 15 is 0 Å². The first-order valence-corrected chi connectivity index (χ1v) is 5.10. The van der Waals surface area contributed by atoms with E-state index in [-0.39, 0.29) is 6.04 Å². The third-order valence-electron chi connectivity index (χ3n) is 1.87. The second-order valence-corrected chi connectivity index (χ2v) is 4.37. The van der Waals surface area contributed by atoms with Crippen LogP contribution in [-0.4, -0.2) is 25.8 Å². The van der Waals surface area contributed by atoms with Gasteiger partial charge >= 0.3 is 0 Å². The van der Waals surface area contributed by atoms with Gasteiger partial charge in [0, 0.05) is 18.5 Å². The summed E-state index contributed by atoms with van der Waals surface area (Å²) in [6.07, 6.45) is 0. The Morgan fingerprint density at radius 2 is 2.38 bits per heavy atom. The van der Waals surface area contributed by atoms with Crippen LogP contribution >= 0.6 is 22.9 Å². The van der Waals surface area contributed by atoms with Crippen LogP contribution < -0.4 is 5.73 Å². The summed E-state index contributed by atoms with van der Waals surface area (Å²) in [6, 6.07) is 3.93. The van der Waals surface area contributed by atoms with Crippen molar-refractivity contribution in [1.82, 2.24) is 5.06 Å². The summed E-state index contributed by atoms with van der Waals surface area (Å²) in [6.45, 7) is 0.515. The Hall–Kier alpha value is -0.130. The second kappa shape index (κ2) is 4.93. The van der Waals surface area contributed by atoms with Crippen molar-refractivity contribution in [3.63, 3.8) is 0 Å². The number of hydrogen-bond donors (Lipinski definition) is 1. The van der Waals surface area contributed by atoms with Crippen molar-refractivity contribution in [1.29, 1.82) is 0 Å². The molecule has 1 unspecified atom stereocenters. The summed E-state index contributed by atoms with van der Waals surface area (Å²) in [5.41, 5.74) is 5.63. The molecule has 3 nitrogen and oxygen atoms in total. The fraction of sp³-hybridized carbons (Fsp3) is 0.500. The van der Waals surface area contributed by atoms with Crippen LogP contribution in [0.1, 0.15) is 10.9 Å². The van der Waals surface area contributed by atoms with E-state index in [0.717, 1.165) is 9.21 Å². The van der Waals surface area contributed by atoms with E-state index in [9.17, 15) is 0 Å². The molecule has 0 spiro atoms. The molecule has 1 heterocycles. The molecule has 2 N–H and O–H groups in total. The van der Waals surface area contributed by atoms with Crippen LogP contribution in [0.15, 0.2) is 12.1 Å². The van der Waals surface area contributed by atoms with Gasteiger partial charge in [-0.15, -0.1) is 11.3 Å². The van der Waals surface area contributed by atoms with Crippen molar-refractivity contribution < 1.29 is 4.84 Å². The molecular weight excluding hydrogens is 208 g/mol. The number of rotatable bonds is 4. The molecular formula is C8H13ClN2OS. The van der Waals surface area contributed by atoms with Crippen molar-refractivity contribution in [2.75, 3.05) is 20.7 Å². The lowest BCUT2D eigenvalue weighted by Crippen LogP contribution is -2.28. The van der Waals surface area contributed by atoms with E-state index in [0.29, 0.717) is 6.54 Å². The fourth-order valence-electron chi connectivity index (χ4n) is 1.08. The minimum absolute atomic E-state index is 0.0856. The molecule has 13 heavy (non-hydrogen) atoms. The van der Waals surface area contributed by atoms with E-state index in [1.165, 1.54) is 11.3 Å². The Balaban J connectivity index is 2.77. The molecule has 0 bridgehead atoms. The van der Waals surface area contributed by atoms with Gasteiger partial charge in [-0.1, -0.05) is 11.6 Å². The predicted molar refractivity (Wildman–Crippen MR) is 55.9 cm³/mol. The highest BCUT2D eigenvalue weighted by Crippen LogP contribution is 2.29. The number of thiophene rings is 1. The molecule has 1 aromatic heterocycles. The maximum absolute atomic E-state index is 5.83. The molecule has 5 heteroatoms. The van der Waals surface area contributed by atoms with Gasteiger partial charge in [0.05, 0.1) is 17.5 Å². The SMILES string of the molecule is CON(C)C(CN)c1ccc(Cl)s1. The number of nitrogens with zero attached hydrogens (tertiary/aromatic N) is 1. The van der Waals surface area contributed by atoms with Gasteiger partial charge < -0.3 is 10.6 Å². The minimum Gasteiger partial charge on any atom is -0.328 e. The molecule has 0 radical (unpaired) electrons. The average Bonchev–Trinajstić information content (AvgIpc) is 2.53. The monoisotopic (exact) mass is 220 g/mol. The molecule has 0 fully saturated rings. The zero-order valence-electron chi connectivity index (χ0n) is 7.66. The maximum Gasteiger partial charge on any atom is 0.0931 e. The van der Waals surface area contributed by atoms with Gasteiger partial charge in [-0.25, -0.2) is 0 Å². The van der Waals surface area contributed by atoms with Gasteiger partial charge in [0.15, 0.2) is 0 Å². The van der Waals surface area contributed by atoms with Crippen LogP contribution in [0.3, 0.4) is 0 Å². The largest absolute Gasteiger partial charge is 0.328 e. The molecule has 0 saturated carbocycles. The average molecular weight is 221 g/mol. The van der Waals surface area contributed by atoms with Crippen molar-refractivity contribution in [3.8, 4) is 0 Å². The molecule has 0 aliphatic rings. The van der Waals surface area contributed by atoms with Gasteiger partial charge in [0.1, 0.15) is 0 Å². The molecule has 1 atom stereocenters. The van der Waals surface area contributed by atoms with E-state index in [4.69, 9.17) is 22.2 Å². The molecule has 74 valence electrons. The molecule has 0 saturated heterocycles. The first-order valence-electron chi connectivity index (χ1n) is 3.91. The van der Waals surface area contributed by atoms with Crippen LogP contribution in [0.5, 0.6) is 0 Å². The van der Waals surface area contributed by atoms with Gasteiger partial charge in [0.2, 0.25) is 0 Å². The zero-order chi connectivity index (χ0) is 9.84. The lowest BCUT2D eigenvalue weighted by molar-refractivity contribution is -0.139. The number of hydrogen-bond acceptors (Lipinski definition) is 4. The van der Waals surface area contributed by atoms with Crippen molar-refractivity contribution in [2.24, 2.45) is 5.73 Å². The Morgan fingerprint density at radius 1 is 1.69 bits per heavy atom. The van der Waals surface area contributed by atoms with Crippen LogP contribution in [0.4, 0.5) is 0 Å². The number of likely N-dealkylation sites (N-methyl/N-ethyl adjacent to an activating group) is 1. The summed E-state index contributed by atoms with van der Waals surface area (Å²) in [5, 5.41) is 1.72.